The molecule has 1 aromatic rings. The van der Waals surface area contributed by atoms with Crippen molar-refractivity contribution >= 4 is 0 Å². The Kier molecular flexibility index (Phi) is 7.86. The highest BCUT2D eigenvalue weighted by Gasteiger charge is 2.06. The van der Waals surface area contributed by atoms with Gasteiger partial charge in [-0.05, 0) is 36.1 Å². The first-order valence-electron chi connectivity index (χ1n) is 8.02. The van der Waals surface area contributed by atoms with Gasteiger partial charge in [0.15, 0.2) is 0 Å². The van der Waals surface area contributed by atoms with Crippen LogP contribution in [0.15, 0.2) is 24.3 Å². The number of hydrogen-bond acceptors (Lipinski definition) is 2. The van der Waals surface area contributed by atoms with Crippen LogP contribution >= 0.6 is 0 Å². The molecule has 0 saturated heterocycles. The van der Waals surface area contributed by atoms with Crippen LogP contribution in [0.1, 0.15) is 45.7 Å². The largest absolute Gasteiger partial charge is 0.312 e. The van der Waals surface area contributed by atoms with E-state index in [2.05, 4.69) is 69.1 Å². The number of rotatable bonds is 9. The predicted octanol–water partition coefficient (Wildman–Crippen LogP) is 3.91. The second-order valence-corrected chi connectivity index (χ2v) is 6.57. The smallest absolute Gasteiger partial charge is 0.0233 e. The lowest BCUT2D eigenvalue weighted by Gasteiger charge is -2.22. The zero-order chi connectivity index (χ0) is 15.0. The number of benzene rings is 1. The molecule has 1 aromatic carbocycles. The molecule has 1 N–H and O–H groups in total. The monoisotopic (exact) mass is 276 g/mol. The van der Waals surface area contributed by atoms with Crippen LogP contribution in [0, 0.1) is 11.8 Å². The van der Waals surface area contributed by atoms with Gasteiger partial charge in [0.25, 0.3) is 0 Å². The summed E-state index contributed by atoms with van der Waals surface area (Å²) in [5.74, 6) is 1.44. The van der Waals surface area contributed by atoms with E-state index in [1.165, 1.54) is 17.7 Å². The first-order chi connectivity index (χ1) is 9.51. The molecule has 0 bridgehead atoms. The highest BCUT2D eigenvalue weighted by Crippen LogP contribution is 2.10. The summed E-state index contributed by atoms with van der Waals surface area (Å²) >= 11 is 0. The molecule has 0 aromatic heterocycles. The first kappa shape index (κ1) is 17.2. The Morgan fingerprint density at radius 1 is 1.05 bits per heavy atom. The van der Waals surface area contributed by atoms with Crippen molar-refractivity contribution in [1.29, 1.82) is 0 Å². The van der Waals surface area contributed by atoms with Crippen LogP contribution in [-0.2, 0) is 13.1 Å². The molecule has 20 heavy (non-hydrogen) atoms. The van der Waals surface area contributed by atoms with Gasteiger partial charge >= 0.3 is 0 Å². The molecule has 0 saturated carbocycles. The van der Waals surface area contributed by atoms with Crippen molar-refractivity contribution in [3.8, 4) is 0 Å². The highest BCUT2D eigenvalue weighted by atomic mass is 15.1. The summed E-state index contributed by atoms with van der Waals surface area (Å²) in [5, 5.41) is 3.51. The minimum atomic E-state index is 0.708. The van der Waals surface area contributed by atoms with Crippen LogP contribution in [0.25, 0.3) is 0 Å². The van der Waals surface area contributed by atoms with Crippen molar-refractivity contribution < 1.29 is 0 Å². The Labute approximate surface area is 125 Å². The topological polar surface area (TPSA) is 15.3 Å². The van der Waals surface area contributed by atoms with E-state index in [1.807, 2.05) is 0 Å². The Morgan fingerprint density at radius 3 is 2.35 bits per heavy atom. The summed E-state index contributed by atoms with van der Waals surface area (Å²) in [6.45, 7) is 16.7. The average molecular weight is 276 g/mol. The molecule has 2 heteroatoms. The van der Waals surface area contributed by atoms with Crippen LogP contribution in [0.3, 0.4) is 0 Å². The number of nitrogens with one attached hydrogen (secondary N) is 1. The van der Waals surface area contributed by atoms with Gasteiger partial charge < -0.3 is 5.32 Å². The van der Waals surface area contributed by atoms with Crippen molar-refractivity contribution in [2.24, 2.45) is 11.8 Å². The molecule has 0 aliphatic rings. The third kappa shape index (κ3) is 7.06. The van der Waals surface area contributed by atoms with Crippen LogP contribution < -0.4 is 5.32 Å². The molecule has 0 heterocycles. The molecule has 0 aliphatic heterocycles. The lowest BCUT2D eigenvalue weighted by molar-refractivity contribution is 0.248. The minimum absolute atomic E-state index is 0.708. The first-order valence-corrected chi connectivity index (χ1v) is 8.02. The van der Waals surface area contributed by atoms with E-state index in [9.17, 15) is 0 Å². The number of nitrogens with zero attached hydrogens (tertiary/aromatic N) is 1. The highest BCUT2D eigenvalue weighted by molar-refractivity contribution is 5.23. The second-order valence-electron chi connectivity index (χ2n) is 6.57. The predicted molar refractivity (Wildman–Crippen MR) is 88.8 cm³/mol. The molecule has 0 atom stereocenters. The van der Waals surface area contributed by atoms with Gasteiger partial charge in [-0.25, -0.2) is 0 Å². The molecule has 0 aliphatic carbocycles. The van der Waals surface area contributed by atoms with E-state index in [4.69, 9.17) is 0 Å². The van der Waals surface area contributed by atoms with Gasteiger partial charge in [-0.15, -0.1) is 0 Å². The molecule has 0 unspecified atom stereocenters. The van der Waals surface area contributed by atoms with E-state index in [-0.39, 0.29) is 0 Å². The van der Waals surface area contributed by atoms with Crippen molar-refractivity contribution in [1.82, 2.24) is 10.2 Å². The second kappa shape index (κ2) is 9.15. The van der Waals surface area contributed by atoms with Gasteiger partial charge in [0.05, 0.1) is 0 Å². The molecular weight excluding hydrogens is 244 g/mol. The standard InChI is InChI=1S/C18H32N2/c1-6-20(13-16(4)5)14-18-9-7-8-17(10-18)12-19-11-15(2)3/h7-10,15-16,19H,6,11-14H2,1-5H3. The SMILES string of the molecule is CCN(Cc1cccc(CNCC(C)C)c1)CC(C)C. The van der Waals surface area contributed by atoms with E-state index in [1.54, 1.807) is 0 Å². The van der Waals surface area contributed by atoms with Gasteiger partial charge in [0.1, 0.15) is 0 Å². The molecule has 1 rings (SSSR count). The molecule has 0 fully saturated rings. The van der Waals surface area contributed by atoms with Crippen LogP contribution in [0.5, 0.6) is 0 Å². The lowest BCUT2D eigenvalue weighted by Crippen LogP contribution is -2.27. The van der Waals surface area contributed by atoms with Crippen LogP contribution in [0.4, 0.5) is 0 Å². The zero-order valence-corrected chi connectivity index (χ0v) is 13.9. The minimum Gasteiger partial charge on any atom is -0.312 e. The molecule has 2 nitrogen and oxygen atoms in total. The fourth-order valence-electron chi connectivity index (χ4n) is 2.42. The van der Waals surface area contributed by atoms with E-state index < -0.39 is 0 Å². The summed E-state index contributed by atoms with van der Waals surface area (Å²) in [4.78, 5) is 2.52. The quantitative estimate of drug-likeness (QED) is 0.735. The van der Waals surface area contributed by atoms with Crippen molar-refractivity contribution in [3.05, 3.63) is 35.4 Å². The Balaban J connectivity index is 2.53. The van der Waals surface area contributed by atoms with Crippen molar-refractivity contribution in [2.75, 3.05) is 19.6 Å². The fourth-order valence-corrected chi connectivity index (χ4v) is 2.42. The Bertz CT molecular complexity index is 371. The van der Waals surface area contributed by atoms with Crippen molar-refractivity contribution in [3.63, 3.8) is 0 Å². The zero-order valence-electron chi connectivity index (χ0n) is 13.9. The average Bonchev–Trinajstić information content (AvgIpc) is 2.37. The van der Waals surface area contributed by atoms with Gasteiger partial charge in [0, 0.05) is 19.6 Å². The third-order valence-electron chi connectivity index (χ3n) is 3.35. The summed E-state index contributed by atoms with van der Waals surface area (Å²) < 4.78 is 0. The van der Waals surface area contributed by atoms with Crippen LogP contribution in [-0.4, -0.2) is 24.5 Å². The van der Waals surface area contributed by atoms with Gasteiger partial charge in [-0.3, -0.25) is 4.90 Å². The fraction of sp³-hybridized carbons (Fsp3) is 0.667. The summed E-state index contributed by atoms with van der Waals surface area (Å²) in [5.41, 5.74) is 2.82. The molecule has 0 amide bonds. The van der Waals surface area contributed by atoms with Gasteiger partial charge in [-0.1, -0.05) is 58.9 Å². The van der Waals surface area contributed by atoms with E-state index in [0.29, 0.717) is 5.92 Å². The molecule has 0 radical (unpaired) electrons. The summed E-state index contributed by atoms with van der Waals surface area (Å²) in [7, 11) is 0. The maximum absolute atomic E-state index is 3.51. The van der Waals surface area contributed by atoms with Gasteiger partial charge in [0.2, 0.25) is 0 Å². The summed E-state index contributed by atoms with van der Waals surface area (Å²) in [6, 6.07) is 8.99. The normalized spacial score (nSPS) is 11.8. The van der Waals surface area contributed by atoms with E-state index >= 15 is 0 Å². The molecule has 114 valence electrons. The van der Waals surface area contributed by atoms with E-state index in [0.717, 1.165) is 32.1 Å². The molecular formula is C18H32N2. The Hall–Kier alpha value is -0.860. The van der Waals surface area contributed by atoms with Gasteiger partial charge in [-0.2, -0.15) is 0 Å². The Morgan fingerprint density at radius 2 is 1.75 bits per heavy atom. The maximum atomic E-state index is 3.51. The lowest BCUT2D eigenvalue weighted by atomic mass is 10.1. The maximum Gasteiger partial charge on any atom is 0.0233 e. The summed E-state index contributed by atoms with van der Waals surface area (Å²) in [6.07, 6.45) is 0. The third-order valence-corrected chi connectivity index (χ3v) is 3.35. The molecule has 0 spiro atoms. The van der Waals surface area contributed by atoms with Crippen molar-refractivity contribution in [2.45, 2.75) is 47.7 Å². The van der Waals surface area contributed by atoms with Crippen LogP contribution in [0.2, 0.25) is 0 Å². The number of hydrogen-bond donors (Lipinski definition) is 1.